The van der Waals surface area contributed by atoms with E-state index in [9.17, 15) is 9.59 Å². The zero-order valence-electron chi connectivity index (χ0n) is 8.05. The topological polar surface area (TPSA) is 52.6 Å². The third-order valence-corrected chi connectivity index (χ3v) is 1.46. The van der Waals surface area contributed by atoms with Gasteiger partial charge in [0.1, 0.15) is 6.61 Å². The second kappa shape index (κ2) is 7.38. The molecule has 0 aliphatic carbocycles. The first kappa shape index (κ1) is 13.0. The van der Waals surface area contributed by atoms with Gasteiger partial charge in [-0.3, -0.25) is 4.79 Å². The van der Waals surface area contributed by atoms with Crippen molar-refractivity contribution in [1.82, 2.24) is 0 Å². The highest BCUT2D eigenvalue weighted by molar-refractivity contribution is 6.18. The second-order valence-corrected chi connectivity index (χ2v) is 2.80. The number of hydrogen-bond acceptors (Lipinski definition) is 4. The van der Waals surface area contributed by atoms with Crippen molar-refractivity contribution >= 4 is 23.5 Å². The lowest BCUT2D eigenvalue weighted by Gasteiger charge is -2.05. The average molecular weight is 221 g/mol. The highest BCUT2D eigenvalue weighted by Crippen LogP contribution is 1.98. The van der Waals surface area contributed by atoms with Crippen LogP contribution < -0.4 is 0 Å². The summed E-state index contributed by atoms with van der Waals surface area (Å²) >= 11 is 5.31. The molecule has 0 heterocycles. The standard InChI is InChI=1S/C9H13ClO4/c1-3-13-9(12)7(2)6-14-8(11)4-5-10/h2-6H2,1H3. The molecule has 0 unspecified atom stereocenters. The van der Waals surface area contributed by atoms with Crippen molar-refractivity contribution in [1.29, 1.82) is 0 Å². The lowest BCUT2D eigenvalue weighted by molar-refractivity contribution is -0.144. The molecule has 0 aliphatic heterocycles. The van der Waals surface area contributed by atoms with Crippen LogP contribution in [0, 0.1) is 0 Å². The fourth-order valence-corrected chi connectivity index (χ4v) is 0.763. The van der Waals surface area contributed by atoms with Crippen LogP contribution >= 0.6 is 11.6 Å². The molecule has 0 fully saturated rings. The van der Waals surface area contributed by atoms with Crippen molar-refractivity contribution in [2.45, 2.75) is 13.3 Å². The van der Waals surface area contributed by atoms with Gasteiger partial charge in [-0.1, -0.05) is 6.58 Å². The first-order valence-electron chi connectivity index (χ1n) is 4.18. The lowest BCUT2D eigenvalue weighted by Crippen LogP contribution is -2.14. The minimum absolute atomic E-state index is 0.120. The molecule has 14 heavy (non-hydrogen) atoms. The number of carbonyl (C=O) groups is 2. The van der Waals surface area contributed by atoms with Crippen LogP contribution in [0.3, 0.4) is 0 Å². The quantitative estimate of drug-likeness (QED) is 0.384. The summed E-state index contributed by atoms with van der Waals surface area (Å²) in [5.41, 5.74) is 0.120. The van der Waals surface area contributed by atoms with E-state index < -0.39 is 11.9 Å². The number of alkyl halides is 1. The summed E-state index contributed by atoms with van der Waals surface area (Å²) in [6, 6.07) is 0. The van der Waals surface area contributed by atoms with Crippen LogP contribution in [0.4, 0.5) is 0 Å². The number of ether oxygens (including phenoxy) is 2. The summed E-state index contributed by atoms with van der Waals surface area (Å²) < 4.78 is 9.33. The van der Waals surface area contributed by atoms with E-state index in [0.29, 0.717) is 0 Å². The summed E-state index contributed by atoms with van der Waals surface area (Å²) in [5.74, 6) is -0.804. The Morgan fingerprint density at radius 3 is 2.50 bits per heavy atom. The molecule has 0 rings (SSSR count). The van der Waals surface area contributed by atoms with Crippen molar-refractivity contribution in [2.75, 3.05) is 19.1 Å². The Hall–Kier alpha value is -1.03. The number of halogens is 1. The SMILES string of the molecule is C=C(COC(=O)CCCl)C(=O)OCC. The highest BCUT2D eigenvalue weighted by Gasteiger charge is 2.10. The van der Waals surface area contributed by atoms with Gasteiger partial charge in [-0.15, -0.1) is 11.6 Å². The molecule has 0 aromatic heterocycles. The van der Waals surface area contributed by atoms with E-state index in [2.05, 4.69) is 16.1 Å². The van der Waals surface area contributed by atoms with E-state index >= 15 is 0 Å². The van der Waals surface area contributed by atoms with Gasteiger partial charge in [-0.2, -0.15) is 0 Å². The Balaban J connectivity index is 3.73. The average Bonchev–Trinajstić information content (AvgIpc) is 2.15. The van der Waals surface area contributed by atoms with E-state index in [4.69, 9.17) is 11.6 Å². The van der Waals surface area contributed by atoms with Gasteiger partial charge in [0.2, 0.25) is 0 Å². The molecule has 0 bridgehead atoms. The number of esters is 2. The molecule has 80 valence electrons. The summed E-state index contributed by atoms with van der Waals surface area (Å²) in [6.07, 6.45) is 0.123. The van der Waals surface area contributed by atoms with Crippen molar-refractivity contribution in [3.8, 4) is 0 Å². The maximum Gasteiger partial charge on any atom is 0.336 e. The molecule has 0 radical (unpaired) electrons. The molecule has 0 aromatic rings. The van der Waals surface area contributed by atoms with Gasteiger partial charge in [0.15, 0.2) is 0 Å². The Bertz CT molecular complexity index is 225. The smallest absolute Gasteiger partial charge is 0.336 e. The van der Waals surface area contributed by atoms with E-state index in [0.717, 1.165) is 0 Å². The second-order valence-electron chi connectivity index (χ2n) is 2.42. The maximum absolute atomic E-state index is 11.0. The third-order valence-electron chi connectivity index (χ3n) is 1.27. The van der Waals surface area contributed by atoms with E-state index in [-0.39, 0.29) is 31.1 Å². The van der Waals surface area contributed by atoms with Gasteiger partial charge in [0.05, 0.1) is 18.6 Å². The van der Waals surface area contributed by atoms with Gasteiger partial charge in [-0.05, 0) is 6.92 Å². The molecule has 0 N–H and O–H groups in total. The normalized spacial score (nSPS) is 9.29. The van der Waals surface area contributed by atoms with Gasteiger partial charge >= 0.3 is 11.9 Å². The first-order valence-corrected chi connectivity index (χ1v) is 4.71. The summed E-state index contributed by atoms with van der Waals surface area (Å²) in [4.78, 5) is 21.8. The van der Waals surface area contributed by atoms with Crippen LogP contribution in [-0.2, 0) is 19.1 Å². The van der Waals surface area contributed by atoms with Gasteiger partial charge in [0, 0.05) is 5.88 Å². The Labute approximate surface area is 87.8 Å². The van der Waals surface area contributed by atoms with Crippen LogP contribution in [0.5, 0.6) is 0 Å². The van der Waals surface area contributed by atoms with Crippen molar-refractivity contribution < 1.29 is 19.1 Å². The number of hydrogen-bond donors (Lipinski definition) is 0. The molecule has 4 nitrogen and oxygen atoms in total. The summed E-state index contributed by atoms with van der Waals surface area (Å²) in [5, 5.41) is 0. The molecule has 0 aromatic carbocycles. The fraction of sp³-hybridized carbons (Fsp3) is 0.556. The molecule has 0 spiro atoms. The monoisotopic (exact) mass is 220 g/mol. The molecule has 0 saturated heterocycles. The predicted molar refractivity (Wildman–Crippen MR) is 52.1 cm³/mol. The molecule has 0 aliphatic rings. The van der Waals surface area contributed by atoms with Crippen LogP contribution in [0.25, 0.3) is 0 Å². The van der Waals surface area contributed by atoms with E-state index in [1.165, 1.54) is 0 Å². The molecule has 5 heteroatoms. The molecular formula is C9H13ClO4. The van der Waals surface area contributed by atoms with Crippen molar-refractivity contribution in [3.05, 3.63) is 12.2 Å². The van der Waals surface area contributed by atoms with Crippen molar-refractivity contribution in [3.63, 3.8) is 0 Å². The van der Waals surface area contributed by atoms with Crippen LogP contribution in [-0.4, -0.2) is 31.0 Å². The summed E-state index contributed by atoms with van der Waals surface area (Å²) in [6.45, 7) is 5.23. The largest absolute Gasteiger partial charge is 0.463 e. The lowest BCUT2D eigenvalue weighted by atomic mass is 10.3. The Morgan fingerprint density at radius 2 is 2.00 bits per heavy atom. The number of rotatable bonds is 6. The Morgan fingerprint density at radius 1 is 1.36 bits per heavy atom. The van der Waals surface area contributed by atoms with Crippen LogP contribution in [0.2, 0.25) is 0 Å². The molecule has 0 atom stereocenters. The van der Waals surface area contributed by atoms with Gasteiger partial charge in [-0.25, -0.2) is 4.79 Å². The third kappa shape index (κ3) is 5.59. The van der Waals surface area contributed by atoms with E-state index in [1.54, 1.807) is 6.92 Å². The molecular weight excluding hydrogens is 208 g/mol. The highest BCUT2D eigenvalue weighted by atomic mass is 35.5. The first-order chi connectivity index (χ1) is 6.61. The Kier molecular flexibility index (Phi) is 6.84. The van der Waals surface area contributed by atoms with E-state index in [1.807, 2.05) is 0 Å². The predicted octanol–water partition coefficient (Wildman–Crippen LogP) is 1.28. The van der Waals surface area contributed by atoms with Gasteiger partial charge < -0.3 is 9.47 Å². The van der Waals surface area contributed by atoms with Crippen LogP contribution in [0.1, 0.15) is 13.3 Å². The minimum atomic E-state index is -0.550. The maximum atomic E-state index is 11.0. The fourth-order valence-electron chi connectivity index (χ4n) is 0.609. The number of carbonyl (C=O) groups excluding carboxylic acids is 2. The molecule has 0 saturated carbocycles. The van der Waals surface area contributed by atoms with Crippen molar-refractivity contribution in [2.24, 2.45) is 0 Å². The van der Waals surface area contributed by atoms with Crippen LogP contribution in [0.15, 0.2) is 12.2 Å². The van der Waals surface area contributed by atoms with Gasteiger partial charge in [0.25, 0.3) is 0 Å². The molecule has 0 amide bonds. The zero-order chi connectivity index (χ0) is 11.0. The zero-order valence-corrected chi connectivity index (χ0v) is 8.80. The summed E-state index contributed by atoms with van der Waals surface area (Å²) in [7, 11) is 0. The minimum Gasteiger partial charge on any atom is -0.463 e.